The van der Waals surface area contributed by atoms with Crippen molar-refractivity contribution in [1.29, 1.82) is 0 Å². The van der Waals surface area contributed by atoms with Crippen molar-refractivity contribution in [2.24, 2.45) is 0 Å². The van der Waals surface area contributed by atoms with E-state index < -0.39 is 5.54 Å². The number of aromatic nitrogens is 2. The first-order valence-corrected chi connectivity index (χ1v) is 11.4. The fourth-order valence-electron chi connectivity index (χ4n) is 4.56. The fraction of sp³-hybridized carbons (Fsp3) is 0.417. The number of carbonyl (C=O) groups excluding carboxylic acids is 3. The van der Waals surface area contributed by atoms with E-state index in [0.717, 1.165) is 37.2 Å². The lowest BCUT2D eigenvalue weighted by atomic mass is 10.0. The third kappa shape index (κ3) is 5.51. The van der Waals surface area contributed by atoms with Crippen LogP contribution in [0.2, 0.25) is 0 Å². The number of rotatable bonds is 5. The number of piperidine rings is 1. The molecular weight excluding hydrogens is 466 g/mol. The Morgan fingerprint density at radius 2 is 1.91 bits per heavy atom. The number of urea groups is 1. The van der Waals surface area contributed by atoms with Gasteiger partial charge in [0.15, 0.2) is 5.82 Å². The van der Waals surface area contributed by atoms with E-state index in [2.05, 4.69) is 44.7 Å². The molecule has 0 unspecified atom stereocenters. The summed E-state index contributed by atoms with van der Waals surface area (Å²) >= 11 is 0. The SMILES string of the molecule is C=CC(=O)Nc1ccc(C(=O)Nc2n[nH]c3c2CN(C(=O)N[C@H]2CCCN(C)C2)C3(C)C)cc1.S. The van der Waals surface area contributed by atoms with Gasteiger partial charge in [-0.1, -0.05) is 6.58 Å². The van der Waals surface area contributed by atoms with E-state index in [4.69, 9.17) is 0 Å². The van der Waals surface area contributed by atoms with Crippen LogP contribution in [-0.2, 0) is 16.9 Å². The summed E-state index contributed by atoms with van der Waals surface area (Å²) in [5.74, 6) is -0.248. The number of hydrogen-bond donors (Lipinski definition) is 4. The number of amides is 4. The summed E-state index contributed by atoms with van der Waals surface area (Å²) in [7, 11) is 2.06. The highest BCUT2D eigenvalue weighted by atomic mass is 32.1. The minimum atomic E-state index is -0.596. The lowest BCUT2D eigenvalue weighted by Gasteiger charge is -2.35. The Morgan fingerprint density at radius 3 is 2.57 bits per heavy atom. The van der Waals surface area contributed by atoms with Gasteiger partial charge in [-0.2, -0.15) is 18.6 Å². The van der Waals surface area contributed by atoms with Gasteiger partial charge in [-0.05, 0) is 70.6 Å². The molecule has 1 aromatic heterocycles. The van der Waals surface area contributed by atoms with Gasteiger partial charge < -0.3 is 25.8 Å². The Balaban J connectivity index is 0.00000342. The zero-order valence-electron chi connectivity index (χ0n) is 20.3. The summed E-state index contributed by atoms with van der Waals surface area (Å²) in [6.07, 6.45) is 3.21. The Hall–Kier alpha value is -3.31. The molecule has 0 saturated carbocycles. The number of nitrogens with zero attached hydrogens (tertiary/aromatic N) is 3. The van der Waals surface area contributed by atoms with Crippen molar-refractivity contribution < 1.29 is 14.4 Å². The highest BCUT2D eigenvalue weighted by molar-refractivity contribution is 7.59. The van der Waals surface area contributed by atoms with E-state index in [1.807, 2.05) is 13.8 Å². The first kappa shape index (κ1) is 26.3. The van der Waals surface area contributed by atoms with Crippen LogP contribution >= 0.6 is 13.5 Å². The lowest BCUT2D eigenvalue weighted by Crippen LogP contribution is -2.53. The van der Waals surface area contributed by atoms with Crippen molar-refractivity contribution in [3.63, 3.8) is 0 Å². The summed E-state index contributed by atoms with van der Waals surface area (Å²) in [5.41, 5.74) is 1.99. The first-order chi connectivity index (χ1) is 16.2. The molecule has 1 fully saturated rings. The molecule has 4 rings (SSSR count). The van der Waals surface area contributed by atoms with Gasteiger partial charge in [0, 0.05) is 29.4 Å². The van der Waals surface area contributed by atoms with Crippen LogP contribution in [0, 0.1) is 0 Å². The van der Waals surface area contributed by atoms with Crippen LogP contribution in [0.25, 0.3) is 0 Å². The molecule has 1 saturated heterocycles. The quantitative estimate of drug-likeness (QED) is 0.471. The molecule has 188 valence electrons. The highest BCUT2D eigenvalue weighted by Crippen LogP contribution is 2.40. The molecule has 11 heteroatoms. The Kier molecular flexibility index (Phi) is 7.91. The second-order valence-electron chi connectivity index (χ2n) is 9.35. The molecule has 35 heavy (non-hydrogen) atoms. The monoisotopic (exact) mass is 499 g/mol. The number of benzene rings is 1. The minimum absolute atomic E-state index is 0. The maximum absolute atomic E-state index is 13.1. The van der Waals surface area contributed by atoms with Gasteiger partial charge >= 0.3 is 6.03 Å². The average molecular weight is 500 g/mol. The summed E-state index contributed by atoms with van der Waals surface area (Å²) in [6, 6.07) is 6.52. The molecular formula is C24H33N7O3S. The zero-order valence-corrected chi connectivity index (χ0v) is 21.3. The van der Waals surface area contributed by atoms with Gasteiger partial charge in [-0.3, -0.25) is 14.7 Å². The molecule has 0 aliphatic carbocycles. The molecule has 0 bridgehead atoms. The third-order valence-corrected chi connectivity index (χ3v) is 6.50. The number of carbonyl (C=O) groups is 3. The summed E-state index contributed by atoms with van der Waals surface area (Å²) in [4.78, 5) is 41.4. The second-order valence-corrected chi connectivity index (χ2v) is 9.35. The predicted molar refractivity (Wildman–Crippen MR) is 140 cm³/mol. The molecule has 2 aliphatic heterocycles. The number of anilines is 2. The molecule has 3 heterocycles. The van der Waals surface area contributed by atoms with E-state index in [-0.39, 0.29) is 37.4 Å². The second kappa shape index (κ2) is 10.5. The molecule has 4 amide bonds. The zero-order chi connectivity index (χ0) is 24.5. The van der Waals surface area contributed by atoms with Gasteiger partial charge in [-0.25, -0.2) is 4.79 Å². The van der Waals surface area contributed by atoms with Crippen molar-refractivity contribution in [3.05, 3.63) is 53.7 Å². The molecule has 2 aromatic rings. The molecule has 0 radical (unpaired) electrons. The minimum Gasteiger partial charge on any atom is -0.334 e. The van der Waals surface area contributed by atoms with Crippen molar-refractivity contribution in [1.82, 2.24) is 25.3 Å². The third-order valence-electron chi connectivity index (χ3n) is 6.50. The number of hydrogen-bond acceptors (Lipinski definition) is 5. The number of likely N-dealkylation sites (tertiary alicyclic amines) is 1. The fourth-order valence-corrected chi connectivity index (χ4v) is 4.56. The molecule has 10 nitrogen and oxygen atoms in total. The predicted octanol–water partition coefficient (Wildman–Crippen LogP) is 2.75. The lowest BCUT2D eigenvalue weighted by molar-refractivity contribution is -0.111. The van der Waals surface area contributed by atoms with Crippen molar-refractivity contribution in [2.75, 3.05) is 30.8 Å². The number of likely N-dealkylation sites (N-methyl/N-ethyl adjacent to an activating group) is 1. The normalized spacial score (nSPS) is 18.7. The largest absolute Gasteiger partial charge is 0.334 e. The maximum atomic E-state index is 13.1. The maximum Gasteiger partial charge on any atom is 0.318 e. The van der Waals surface area contributed by atoms with E-state index >= 15 is 0 Å². The van der Waals surface area contributed by atoms with Crippen LogP contribution in [0.5, 0.6) is 0 Å². The van der Waals surface area contributed by atoms with Crippen LogP contribution in [0.1, 0.15) is 48.3 Å². The van der Waals surface area contributed by atoms with E-state index in [1.165, 1.54) is 6.08 Å². The van der Waals surface area contributed by atoms with Crippen LogP contribution in [0.4, 0.5) is 16.3 Å². The Labute approximate surface area is 212 Å². The van der Waals surface area contributed by atoms with Crippen LogP contribution in [-0.4, -0.2) is 64.0 Å². The van der Waals surface area contributed by atoms with E-state index in [0.29, 0.717) is 23.6 Å². The van der Waals surface area contributed by atoms with Crippen LogP contribution < -0.4 is 16.0 Å². The Bertz CT molecular complexity index is 1110. The van der Waals surface area contributed by atoms with Gasteiger partial charge in [-0.15, -0.1) is 0 Å². The van der Waals surface area contributed by atoms with E-state index in [1.54, 1.807) is 29.2 Å². The smallest absolute Gasteiger partial charge is 0.318 e. The van der Waals surface area contributed by atoms with Crippen LogP contribution in [0.15, 0.2) is 36.9 Å². The number of nitrogens with one attached hydrogen (secondary N) is 4. The van der Waals surface area contributed by atoms with Gasteiger partial charge in [0.2, 0.25) is 5.91 Å². The summed E-state index contributed by atoms with van der Waals surface area (Å²) < 4.78 is 0. The standard InChI is InChI=1S/C24H31N7O3.H2S/c1-5-19(32)25-16-10-8-15(9-11-16)22(33)27-21-18-14-31(24(2,3)20(18)28-29-21)23(34)26-17-7-6-12-30(4)13-17;/h5,8-11,17H,1,6-7,12-14H2,2-4H3,(H,25,32)(H,26,34)(H2,27,28,29,33);1H2/t17-;/m0./s1. The summed E-state index contributed by atoms with van der Waals surface area (Å²) in [5, 5.41) is 16.0. The number of fused-ring (bicyclic) bond motifs is 1. The van der Waals surface area contributed by atoms with Crippen molar-refractivity contribution >= 4 is 42.8 Å². The molecule has 0 spiro atoms. The van der Waals surface area contributed by atoms with Gasteiger partial charge in [0.05, 0.1) is 17.8 Å². The topological polar surface area (TPSA) is 122 Å². The number of H-pyrrole nitrogens is 1. The van der Waals surface area contributed by atoms with Crippen molar-refractivity contribution in [2.45, 2.75) is 44.8 Å². The summed E-state index contributed by atoms with van der Waals surface area (Å²) in [6.45, 7) is 9.57. The van der Waals surface area contributed by atoms with Crippen LogP contribution in [0.3, 0.4) is 0 Å². The molecule has 2 aliphatic rings. The van der Waals surface area contributed by atoms with Gasteiger partial charge in [0.1, 0.15) is 0 Å². The van der Waals surface area contributed by atoms with Crippen molar-refractivity contribution in [3.8, 4) is 0 Å². The highest BCUT2D eigenvalue weighted by Gasteiger charge is 2.44. The molecule has 1 atom stereocenters. The first-order valence-electron chi connectivity index (χ1n) is 11.4. The molecule has 4 N–H and O–H groups in total. The Morgan fingerprint density at radius 1 is 1.20 bits per heavy atom. The average Bonchev–Trinajstić information content (AvgIpc) is 3.32. The van der Waals surface area contributed by atoms with Gasteiger partial charge in [0.25, 0.3) is 5.91 Å². The number of aromatic amines is 1. The molecule has 1 aromatic carbocycles. The van der Waals surface area contributed by atoms with E-state index in [9.17, 15) is 14.4 Å².